The van der Waals surface area contributed by atoms with Gasteiger partial charge in [-0.3, -0.25) is 14.7 Å². The van der Waals surface area contributed by atoms with E-state index in [9.17, 15) is 4.79 Å². The molecule has 1 N–H and O–H groups in total. The zero-order valence-corrected chi connectivity index (χ0v) is 14.3. The fraction of sp³-hybridized carbons (Fsp3) is 0.444. The zero-order valence-electron chi connectivity index (χ0n) is 14.3. The Hall–Kier alpha value is -2.54. The smallest absolute Gasteiger partial charge is 0.224 e. The number of nitrogens with one attached hydrogen (secondary N) is 1. The van der Waals surface area contributed by atoms with Gasteiger partial charge in [-0.2, -0.15) is 0 Å². The van der Waals surface area contributed by atoms with Gasteiger partial charge in [-0.15, -0.1) is 0 Å². The van der Waals surface area contributed by atoms with Crippen LogP contribution >= 0.6 is 0 Å². The molecular formula is C18H24N6O. The molecule has 0 aliphatic carbocycles. The fourth-order valence-corrected chi connectivity index (χ4v) is 2.87. The molecule has 1 amide bonds. The number of rotatable bonds is 7. The Morgan fingerprint density at radius 2 is 1.76 bits per heavy atom. The molecule has 0 saturated carbocycles. The van der Waals surface area contributed by atoms with Crippen LogP contribution in [0.1, 0.15) is 12.1 Å². The minimum Gasteiger partial charge on any atom is -0.354 e. The third kappa shape index (κ3) is 5.49. The van der Waals surface area contributed by atoms with Crippen LogP contribution in [0.25, 0.3) is 0 Å². The van der Waals surface area contributed by atoms with E-state index in [2.05, 4.69) is 31.2 Å². The Morgan fingerprint density at radius 3 is 2.48 bits per heavy atom. The van der Waals surface area contributed by atoms with Crippen LogP contribution < -0.4 is 5.32 Å². The van der Waals surface area contributed by atoms with Gasteiger partial charge < -0.3 is 10.2 Å². The number of carbonyl (C=O) groups excluding carboxylic acids is 1. The summed E-state index contributed by atoms with van der Waals surface area (Å²) in [6, 6.07) is 7.78. The summed E-state index contributed by atoms with van der Waals surface area (Å²) in [6.07, 6.45) is 6.62. The minimum absolute atomic E-state index is 0.188. The van der Waals surface area contributed by atoms with E-state index in [1.54, 1.807) is 18.5 Å². The van der Waals surface area contributed by atoms with Gasteiger partial charge in [0, 0.05) is 76.4 Å². The third-order valence-electron chi connectivity index (χ3n) is 4.32. The van der Waals surface area contributed by atoms with Gasteiger partial charge in [-0.1, -0.05) is 6.07 Å². The van der Waals surface area contributed by atoms with Crippen molar-refractivity contribution < 1.29 is 4.79 Å². The highest BCUT2D eigenvalue weighted by Gasteiger charge is 2.20. The summed E-state index contributed by atoms with van der Waals surface area (Å²) in [6.45, 7) is 4.99. The van der Waals surface area contributed by atoms with Gasteiger partial charge in [0.05, 0.1) is 0 Å². The van der Waals surface area contributed by atoms with E-state index >= 15 is 0 Å². The van der Waals surface area contributed by atoms with Crippen LogP contribution in [0.2, 0.25) is 0 Å². The maximum atomic E-state index is 12.3. The van der Waals surface area contributed by atoms with Crippen LogP contribution in [0.15, 0.2) is 42.9 Å². The molecule has 1 fully saturated rings. The molecule has 7 heteroatoms. The summed E-state index contributed by atoms with van der Waals surface area (Å²) in [5.41, 5.74) is 1.12. The second-order valence-corrected chi connectivity index (χ2v) is 6.04. The summed E-state index contributed by atoms with van der Waals surface area (Å²) in [4.78, 5) is 29.2. The van der Waals surface area contributed by atoms with E-state index in [0.717, 1.165) is 44.8 Å². The largest absolute Gasteiger partial charge is 0.354 e. The van der Waals surface area contributed by atoms with Crippen molar-refractivity contribution in [3.63, 3.8) is 0 Å². The Morgan fingerprint density at radius 1 is 1.00 bits per heavy atom. The monoisotopic (exact) mass is 340 g/mol. The first kappa shape index (κ1) is 17.3. The lowest BCUT2D eigenvalue weighted by atomic mass is 10.2. The van der Waals surface area contributed by atoms with Gasteiger partial charge in [0.1, 0.15) is 0 Å². The maximum absolute atomic E-state index is 12.3. The lowest BCUT2D eigenvalue weighted by molar-refractivity contribution is -0.132. The van der Waals surface area contributed by atoms with Crippen molar-refractivity contribution in [2.45, 2.75) is 12.8 Å². The van der Waals surface area contributed by atoms with Gasteiger partial charge in [-0.25, -0.2) is 9.97 Å². The molecular weight excluding hydrogens is 316 g/mol. The number of hydrogen-bond acceptors (Lipinski definition) is 6. The Bertz CT molecular complexity index is 643. The molecule has 0 radical (unpaired) electrons. The number of carbonyl (C=O) groups is 1. The number of amides is 1. The van der Waals surface area contributed by atoms with Gasteiger partial charge in [0.15, 0.2) is 0 Å². The van der Waals surface area contributed by atoms with Gasteiger partial charge in [-0.05, 0) is 18.2 Å². The summed E-state index contributed by atoms with van der Waals surface area (Å²) < 4.78 is 0. The molecule has 0 aromatic carbocycles. The Balaban J connectivity index is 1.33. The Labute approximate surface area is 148 Å². The molecule has 3 heterocycles. The second-order valence-electron chi connectivity index (χ2n) is 6.04. The number of anilines is 1. The van der Waals surface area contributed by atoms with Crippen LogP contribution in [-0.2, 0) is 11.2 Å². The fourth-order valence-electron chi connectivity index (χ4n) is 2.87. The topological polar surface area (TPSA) is 74.2 Å². The number of hydrogen-bond donors (Lipinski definition) is 1. The third-order valence-corrected chi connectivity index (χ3v) is 4.32. The van der Waals surface area contributed by atoms with E-state index in [1.165, 1.54) is 0 Å². The summed E-state index contributed by atoms with van der Waals surface area (Å²) in [5.74, 6) is 0.752. The van der Waals surface area contributed by atoms with E-state index in [1.807, 2.05) is 23.2 Å². The Kier molecular flexibility index (Phi) is 6.28. The van der Waals surface area contributed by atoms with Crippen LogP contribution in [-0.4, -0.2) is 69.9 Å². The lowest BCUT2D eigenvalue weighted by Crippen LogP contribution is -2.49. The van der Waals surface area contributed by atoms with Crippen molar-refractivity contribution in [3.8, 4) is 0 Å². The average Bonchev–Trinajstić information content (AvgIpc) is 2.68. The standard InChI is InChI=1S/C18H24N6O/c25-17(5-10-22-18-20-8-3-9-21-18)24-14-12-23(13-15-24)11-6-16-4-1-2-7-19-16/h1-4,7-9H,5-6,10-15H2,(H,20,21,22). The van der Waals surface area contributed by atoms with E-state index < -0.39 is 0 Å². The second kappa shape index (κ2) is 9.08. The molecule has 1 saturated heterocycles. The highest BCUT2D eigenvalue weighted by atomic mass is 16.2. The van der Waals surface area contributed by atoms with Crippen molar-refractivity contribution in [1.82, 2.24) is 24.8 Å². The summed E-state index contributed by atoms with van der Waals surface area (Å²) in [7, 11) is 0. The van der Waals surface area contributed by atoms with Gasteiger partial charge >= 0.3 is 0 Å². The van der Waals surface area contributed by atoms with Crippen LogP contribution in [0.3, 0.4) is 0 Å². The first-order chi connectivity index (χ1) is 12.3. The first-order valence-corrected chi connectivity index (χ1v) is 8.72. The van der Waals surface area contributed by atoms with Crippen LogP contribution in [0.4, 0.5) is 5.95 Å². The molecule has 1 aliphatic rings. The predicted molar refractivity (Wildman–Crippen MR) is 96.1 cm³/mol. The predicted octanol–water partition coefficient (Wildman–Crippen LogP) is 1.06. The summed E-state index contributed by atoms with van der Waals surface area (Å²) in [5, 5.41) is 3.07. The molecule has 2 aromatic heterocycles. The maximum Gasteiger partial charge on any atom is 0.224 e. The summed E-state index contributed by atoms with van der Waals surface area (Å²) >= 11 is 0. The van der Waals surface area contributed by atoms with Crippen molar-refractivity contribution in [2.24, 2.45) is 0 Å². The van der Waals surface area contributed by atoms with Gasteiger partial charge in [0.25, 0.3) is 0 Å². The van der Waals surface area contributed by atoms with Crippen molar-refractivity contribution in [2.75, 3.05) is 44.6 Å². The molecule has 0 bridgehead atoms. The molecule has 25 heavy (non-hydrogen) atoms. The molecule has 2 aromatic rings. The SMILES string of the molecule is O=C(CCNc1ncccn1)N1CCN(CCc2ccccn2)CC1. The lowest BCUT2D eigenvalue weighted by Gasteiger charge is -2.34. The molecule has 0 unspecified atom stereocenters. The van der Waals surface area contributed by atoms with E-state index in [0.29, 0.717) is 18.9 Å². The first-order valence-electron chi connectivity index (χ1n) is 8.72. The zero-order chi connectivity index (χ0) is 17.3. The molecule has 1 aliphatic heterocycles. The van der Waals surface area contributed by atoms with Gasteiger partial charge in [0.2, 0.25) is 11.9 Å². The van der Waals surface area contributed by atoms with E-state index in [-0.39, 0.29) is 5.91 Å². The number of pyridine rings is 1. The van der Waals surface area contributed by atoms with Crippen molar-refractivity contribution in [1.29, 1.82) is 0 Å². The molecule has 132 valence electrons. The van der Waals surface area contributed by atoms with E-state index in [4.69, 9.17) is 0 Å². The molecule has 7 nitrogen and oxygen atoms in total. The number of aromatic nitrogens is 3. The highest BCUT2D eigenvalue weighted by Crippen LogP contribution is 2.06. The molecule has 0 spiro atoms. The van der Waals surface area contributed by atoms with Crippen LogP contribution in [0.5, 0.6) is 0 Å². The highest BCUT2D eigenvalue weighted by molar-refractivity contribution is 5.76. The minimum atomic E-state index is 0.188. The molecule has 3 rings (SSSR count). The average molecular weight is 340 g/mol. The number of nitrogens with zero attached hydrogens (tertiary/aromatic N) is 5. The van der Waals surface area contributed by atoms with Crippen molar-refractivity contribution >= 4 is 11.9 Å². The van der Waals surface area contributed by atoms with Crippen molar-refractivity contribution in [3.05, 3.63) is 48.5 Å². The normalized spacial score (nSPS) is 15.1. The van der Waals surface area contributed by atoms with Crippen LogP contribution in [0, 0.1) is 0 Å². The molecule has 0 atom stereocenters. The quantitative estimate of drug-likeness (QED) is 0.812. The number of piperazine rings is 1.